The van der Waals surface area contributed by atoms with E-state index in [1.165, 1.54) is 0 Å². The SMILES string of the molecule is OC(CS)C(O)c1cc(Cl)nc(C(F)(F)F)c1. The molecule has 2 unspecified atom stereocenters. The van der Waals surface area contributed by atoms with Gasteiger partial charge in [-0.3, -0.25) is 0 Å². The summed E-state index contributed by atoms with van der Waals surface area (Å²) in [7, 11) is 0. The van der Waals surface area contributed by atoms with E-state index < -0.39 is 29.2 Å². The van der Waals surface area contributed by atoms with Crippen LogP contribution in [0.15, 0.2) is 12.1 Å². The zero-order chi connectivity index (χ0) is 13.2. The Morgan fingerprint density at radius 3 is 2.41 bits per heavy atom. The molecule has 3 nitrogen and oxygen atoms in total. The van der Waals surface area contributed by atoms with Gasteiger partial charge in [-0.25, -0.2) is 4.98 Å². The lowest BCUT2D eigenvalue weighted by Gasteiger charge is -2.17. The van der Waals surface area contributed by atoms with E-state index >= 15 is 0 Å². The molecule has 1 aromatic heterocycles. The molecule has 2 atom stereocenters. The molecule has 0 aliphatic rings. The van der Waals surface area contributed by atoms with Gasteiger partial charge in [-0.05, 0) is 17.7 Å². The quantitative estimate of drug-likeness (QED) is 0.589. The molecule has 0 saturated carbocycles. The highest BCUT2D eigenvalue weighted by molar-refractivity contribution is 7.80. The van der Waals surface area contributed by atoms with Crippen molar-refractivity contribution >= 4 is 24.2 Å². The van der Waals surface area contributed by atoms with Gasteiger partial charge < -0.3 is 10.2 Å². The smallest absolute Gasteiger partial charge is 0.389 e. The minimum absolute atomic E-state index is 0.0948. The highest BCUT2D eigenvalue weighted by atomic mass is 35.5. The second-order valence-electron chi connectivity index (χ2n) is 3.30. The number of aliphatic hydroxyl groups excluding tert-OH is 2. The molecule has 0 aliphatic carbocycles. The molecule has 0 aliphatic heterocycles. The van der Waals surface area contributed by atoms with E-state index in [0.29, 0.717) is 6.07 Å². The number of aliphatic hydroxyl groups is 2. The molecule has 0 fully saturated rings. The minimum Gasteiger partial charge on any atom is -0.389 e. The van der Waals surface area contributed by atoms with Gasteiger partial charge in [0, 0.05) is 5.75 Å². The molecule has 1 rings (SSSR count). The fraction of sp³-hybridized carbons (Fsp3) is 0.444. The van der Waals surface area contributed by atoms with E-state index in [4.69, 9.17) is 11.6 Å². The zero-order valence-corrected chi connectivity index (χ0v) is 9.97. The van der Waals surface area contributed by atoms with Crippen molar-refractivity contribution in [3.8, 4) is 0 Å². The fourth-order valence-electron chi connectivity index (χ4n) is 1.15. The number of alkyl halides is 3. The van der Waals surface area contributed by atoms with E-state index in [1.54, 1.807) is 0 Å². The standard InChI is InChI=1S/C9H9ClF3NO2S/c10-7-2-4(8(16)5(15)3-17)1-6(14-7)9(11,12)13/h1-2,5,8,15-17H,3H2. The summed E-state index contributed by atoms with van der Waals surface area (Å²) in [5.74, 6) is -0.0948. The molecule has 1 heterocycles. The van der Waals surface area contributed by atoms with Crippen molar-refractivity contribution in [2.45, 2.75) is 18.4 Å². The van der Waals surface area contributed by atoms with Gasteiger partial charge in [0.25, 0.3) is 0 Å². The number of hydrogen-bond acceptors (Lipinski definition) is 4. The van der Waals surface area contributed by atoms with Crippen molar-refractivity contribution in [3.05, 3.63) is 28.5 Å². The number of halogens is 4. The lowest BCUT2D eigenvalue weighted by atomic mass is 10.1. The molecule has 0 spiro atoms. The monoisotopic (exact) mass is 287 g/mol. The highest BCUT2D eigenvalue weighted by Crippen LogP contribution is 2.31. The van der Waals surface area contributed by atoms with Crippen LogP contribution in [0.5, 0.6) is 0 Å². The Morgan fingerprint density at radius 2 is 1.94 bits per heavy atom. The largest absolute Gasteiger partial charge is 0.433 e. The average molecular weight is 288 g/mol. The van der Waals surface area contributed by atoms with Crippen LogP contribution < -0.4 is 0 Å². The third-order valence-electron chi connectivity index (χ3n) is 2.00. The minimum atomic E-state index is -4.66. The normalized spacial score (nSPS) is 15.7. The molecule has 17 heavy (non-hydrogen) atoms. The van der Waals surface area contributed by atoms with Crippen molar-refractivity contribution in [2.24, 2.45) is 0 Å². The number of hydrogen-bond donors (Lipinski definition) is 3. The summed E-state index contributed by atoms with van der Waals surface area (Å²) in [5.41, 5.74) is -1.37. The van der Waals surface area contributed by atoms with E-state index in [1.807, 2.05) is 0 Å². The average Bonchev–Trinajstić information content (AvgIpc) is 2.25. The summed E-state index contributed by atoms with van der Waals surface area (Å²) in [6.45, 7) is 0. The highest BCUT2D eigenvalue weighted by Gasteiger charge is 2.34. The van der Waals surface area contributed by atoms with Crippen molar-refractivity contribution in [3.63, 3.8) is 0 Å². The number of thiol groups is 1. The van der Waals surface area contributed by atoms with Crippen LogP contribution in [0.2, 0.25) is 5.15 Å². The summed E-state index contributed by atoms with van der Waals surface area (Å²) in [6.07, 6.45) is -7.43. The lowest BCUT2D eigenvalue weighted by Crippen LogP contribution is -2.20. The summed E-state index contributed by atoms with van der Waals surface area (Å²) in [4.78, 5) is 3.10. The fourth-order valence-corrected chi connectivity index (χ4v) is 1.57. The van der Waals surface area contributed by atoms with Gasteiger partial charge in [-0.15, -0.1) is 0 Å². The molecule has 0 amide bonds. The molecule has 8 heteroatoms. The van der Waals surface area contributed by atoms with Crippen LogP contribution in [-0.4, -0.2) is 27.1 Å². The van der Waals surface area contributed by atoms with Gasteiger partial charge in [0.2, 0.25) is 0 Å². The number of rotatable bonds is 3. The first-order valence-corrected chi connectivity index (χ1v) is 5.48. The Labute approximate surface area is 106 Å². The molecule has 0 bridgehead atoms. The Hall–Kier alpha value is -0.500. The Bertz CT molecular complexity index is 402. The molecule has 1 aromatic rings. The van der Waals surface area contributed by atoms with Crippen molar-refractivity contribution < 1.29 is 23.4 Å². The first kappa shape index (κ1) is 14.6. The maximum Gasteiger partial charge on any atom is 0.433 e. The van der Waals surface area contributed by atoms with Crippen LogP contribution in [0.4, 0.5) is 13.2 Å². The summed E-state index contributed by atoms with van der Waals surface area (Å²) < 4.78 is 37.2. The van der Waals surface area contributed by atoms with Gasteiger partial charge in [0.1, 0.15) is 17.0 Å². The second kappa shape index (κ2) is 5.43. The Balaban J connectivity index is 3.14. The van der Waals surface area contributed by atoms with Crippen molar-refractivity contribution in [1.82, 2.24) is 4.98 Å². The zero-order valence-electron chi connectivity index (χ0n) is 8.32. The van der Waals surface area contributed by atoms with E-state index in [2.05, 4.69) is 17.6 Å². The predicted octanol–water partition coefficient (Wildman–Crippen LogP) is 2.08. The number of pyridine rings is 1. The van der Waals surface area contributed by atoms with Gasteiger partial charge in [0.15, 0.2) is 0 Å². The van der Waals surface area contributed by atoms with Gasteiger partial charge in [-0.2, -0.15) is 25.8 Å². The first-order chi connectivity index (χ1) is 7.75. The van der Waals surface area contributed by atoms with Crippen LogP contribution in [0, 0.1) is 0 Å². The molecular formula is C9H9ClF3NO2S. The molecule has 2 N–H and O–H groups in total. The summed E-state index contributed by atoms with van der Waals surface area (Å²) in [5, 5.41) is 18.4. The van der Waals surface area contributed by atoms with Crippen LogP contribution in [0.25, 0.3) is 0 Å². The Kier molecular flexibility index (Phi) is 4.65. The summed E-state index contributed by atoms with van der Waals surface area (Å²) in [6, 6.07) is 1.71. The molecule has 96 valence electrons. The van der Waals surface area contributed by atoms with Crippen LogP contribution in [-0.2, 0) is 6.18 Å². The van der Waals surface area contributed by atoms with Crippen LogP contribution >= 0.6 is 24.2 Å². The van der Waals surface area contributed by atoms with Gasteiger partial charge >= 0.3 is 6.18 Å². The molecule has 0 radical (unpaired) electrons. The van der Waals surface area contributed by atoms with Crippen molar-refractivity contribution in [2.75, 3.05) is 5.75 Å². The predicted molar refractivity (Wildman–Crippen MR) is 59.1 cm³/mol. The van der Waals surface area contributed by atoms with Crippen LogP contribution in [0.3, 0.4) is 0 Å². The first-order valence-electron chi connectivity index (χ1n) is 4.47. The van der Waals surface area contributed by atoms with E-state index in [0.717, 1.165) is 6.07 Å². The van der Waals surface area contributed by atoms with Crippen molar-refractivity contribution in [1.29, 1.82) is 0 Å². The maximum atomic E-state index is 12.4. The van der Waals surface area contributed by atoms with Gasteiger partial charge in [0.05, 0.1) is 6.10 Å². The Morgan fingerprint density at radius 1 is 1.35 bits per heavy atom. The maximum absolute atomic E-state index is 12.4. The third-order valence-corrected chi connectivity index (χ3v) is 2.57. The topological polar surface area (TPSA) is 53.4 Å². The third kappa shape index (κ3) is 3.74. The molecule has 0 saturated heterocycles. The summed E-state index contributed by atoms with van der Waals surface area (Å²) >= 11 is 9.16. The molecular weight excluding hydrogens is 279 g/mol. The van der Waals surface area contributed by atoms with Crippen LogP contribution in [0.1, 0.15) is 17.4 Å². The van der Waals surface area contributed by atoms with Gasteiger partial charge in [-0.1, -0.05) is 11.6 Å². The second-order valence-corrected chi connectivity index (χ2v) is 4.05. The van der Waals surface area contributed by atoms with E-state index in [9.17, 15) is 23.4 Å². The molecule has 0 aromatic carbocycles. The van der Waals surface area contributed by atoms with E-state index in [-0.39, 0.29) is 11.3 Å². The number of nitrogens with zero attached hydrogens (tertiary/aromatic N) is 1. The lowest BCUT2D eigenvalue weighted by molar-refractivity contribution is -0.141. The number of aromatic nitrogens is 1.